The van der Waals surface area contributed by atoms with Crippen LogP contribution in [0, 0.1) is 13.8 Å². The lowest BCUT2D eigenvalue weighted by Crippen LogP contribution is -2.49. The van der Waals surface area contributed by atoms with Crippen LogP contribution in [-0.2, 0) is 11.7 Å². The van der Waals surface area contributed by atoms with E-state index in [2.05, 4.69) is 25.4 Å². The number of nitrogens with zero attached hydrogens (tertiary/aromatic N) is 6. The Morgan fingerprint density at radius 3 is 2.31 bits per heavy atom. The van der Waals surface area contributed by atoms with Crippen molar-refractivity contribution in [3.63, 3.8) is 0 Å². The number of benzene rings is 2. The van der Waals surface area contributed by atoms with Crippen LogP contribution in [0.5, 0.6) is 0 Å². The second kappa shape index (κ2) is 9.78. The van der Waals surface area contributed by atoms with E-state index in [1.165, 1.54) is 12.1 Å². The Balaban J connectivity index is 1.55. The monoisotopic (exact) mass is 539 g/mol. The second-order valence-electron chi connectivity index (χ2n) is 11.1. The first-order chi connectivity index (χ1) is 18.3. The summed E-state index contributed by atoms with van der Waals surface area (Å²) in [6, 6.07) is 10.8. The molecule has 0 unspecified atom stereocenters. The van der Waals surface area contributed by atoms with Gasteiger partial charge in [-0.25, -0.2) is 4.68 Å². The van der Waals surface area contributed by atoms with Crippen LogP contribution in [0.4, 0.5) is 18.9 Å². The third-order valence-electron chi connectivity index (χ3n) is 7.36. The molecule has 206 valence electrons. The van der Waals surface area contributed by atoms with Crippen molar-refractivity contribution in [2.24, 2.45) is 0 Å². The largest absolute Gasteiger partial charge is 0.416 e. The van der Waals surface area contributed by atoms with Gasteiger partial charge in [-0.3, -0.25) is 9.69 Å². The summed E-state index contributed by atoms with van der Waals surface area (Å²) in [6.45, 7) is 11.9. The van der Waals surface area contributed by atoms with Gasteiger partial charge in [0.05, 0.1) is 16.6 Å². The van der Waals surface area contributed by atoms with Crippen LogP contribution >= 0.6 is 0 Å². The van der Waals surface area contributed by atoms with E-state index in [0.29, 0.717) is 43.3 Å². The summed E-state index contributed by atoms with van der Waals surface area (Å²) in [5.74, 6) is 0.546. The number of aryl methyl sites for hydroxylation is 2. The number of rotatable bonds is 4. The smallest absolute Gasteiger partial charge is 0.369 e. The highest BCUT2D eigenvalue weighted by Crippen LogP contribution is 2.34. The fraction of sp³-hybridized carbons (Fsp3) is 0.429. The molecule has 8 nitrogen and oxygen atoms in total. The minimum absolute atomic E-state index is 0.218. The van der Waals surface area contributed by atoms with E-state index in [4.69, 9.17) is 0 Å². The Morgan fingerprint density at radius 1 is 0.949 bits per heavy atom. The highest BCUT2D eigenvalue weighted by Gasteiger charge is 2.36. The van der Waals surface area contributed by atoms with Crippen molar-refractivity contribution in [1.82, 2.24) is 30.1 Å². The highest BCUT2D eigenvalue weighted by atomic mass is 19.4. The van der Waals surface area contributed by atoms with E-state index in [1.54, 1.807) is 10.7 Å². The van der Waals surface area contributed by atoms with E-state index >= 15 is 0 Å². The van der Waals surface area contributed by atoms with Crippen LogP contribution in [0.1, 0.15) is 54.9 Å². The van der Waals surface area contributed by atoms with Gasteiger partial charge in [0, 0.05) is 42.8 Å². The van der Waals surface area contributed by atoms with E-state index in [9.17, 15) is 18.0 Å². The van der Waals surface area contributed by atoms with Gasteiger partial charge in [-0.2, -0.15) is 13.2 Å². The van der Waals surface area contributed by atoms with Crippen LogP contribution in [0.3, 0.4) is 0 Å². The molecule has 1 aliphatic rings. The van der Waals surface area contributed by atoms with Crippen LogP contribution in [0.25, 0.3) is 10.9 Å². The van der Waals surface area contributed by atoms with Gasteiger partial charge in [-0.1, -0.05) is 18.2 Å². The van der Waals surface area contributed by atoms with Gasteiger partial charge in [0.2, 0.25) is 0 Å². The molecule has 0 aliphatic carbocycles. The number of piperazine rings is 1. The number of hydrogen-bond acceptors (Lipinski definition) is 6. The standard InChI is InChI=1S/C28H32F3N7O/c1-17-9-10-18(2)23-21(17)16-22(26(39)32-23)24(25-33-34-35-38(25)27(3,4)5)37-13-11-36(12-14-37)20-8-6-7-19(15-20)28(29,30)31/h6-10,15-16,24H,11-14H2,1-5H3,(H,32,39)/t24-/m0/s1. The zero-order chi connectivity index (χ0) is 28.1. The first kappa shape index (κ1) is 26.9. The maximum Gasteiger partial charge on any atom is 0.416 e. The van der Waals surface area contributed by atoms with Crippen molar-refractivity contribution in [1.29, 1.82) is 0 Å². The van der Waals surface area contributed by atoms with Crippen LogP contribution in [-0.4, -0.2) is 56.3 Å². The van der Waals surface area contributed by atoms with Gasteiger partial charge < -0.3 is 9.88 Å². The first-order valence-electron chi connectivity index (χ1n) is 12.9. The molecule has 0 radical (unpaired) electrons. The Bertz CT molecular complexity index is 1560. The van der Waals surface area contributed by atoms with E-state index in [-0.39, 0.29) is 5.56 Å². The number of anilines is 1. The van der Waals surface area contributed by atoms with Gasteiger partial charge in [0.1, 0.15) is 6.04 Å². The number of pyridine rings is 1. The third kappa shape index (κ3) is 5.15. The third-order valence-corrected chi connectivity index (χ3v) is 7.36. The summed E-state index contributed by atoms with van der Waals surface area (Å²) in [7, 11) is 0. The zero-order valence-corrected chi connectivity index (χ0v) is 22.7. The lowest BCUT2D eigenvalue weighted by atomic mass is 9.98. The molecule has 0 amide bonds. The molecule has 1 aliphatic heterocycles. The lowest BCUT2D eigenvalue weighted by Gasteiger charge is -2.40. The molecule has 1 N–H and O–H groups in total. The molecular formula is C28H32F3N7O. The first-order valence-corrected chi connectivity index (χ1v) is 12.9. The number of halogens is 3. The number of tetrazole rings is 1. The average molecular weight is 540 g/mol. The summed E-state index contributed by atoms with van der Waals surface area (Å²) < 4.78 is 41.7. The topological polar surface area (TPSA) is 82.9 Å². The van der Waals surface area contributed by atoms with Gasteiger partial charge in [0.15, 0.2) is 5.82 Å². The van der Waals surface area contributed by atoms with E-state index < -0.39 is 23.3 Å². The number of alkyl halides is 3. The van der Waals surface area contributed by atoms with Crippen molar-refractivity contribution < 1.29 is 13.2 Å². The van der Waals surface area contributed by atoms with Crippen LogP contribution < -0.4 is 10.5 Å². The predicted molar refractivity (Wildman–Crippen MR) is 144 cm³/mol. The predicted octanol–water partition coefficient (Wildman–Crippen LogP) is 4.82. The molecule has 5 rings (SSSR count). The number of aromatic amines is 1. The maximum absolute atomic E-state index is 13.6. The Labute approximate surface area is 224 Å². The van der Waals surface area contributed by atoms with Crippen molar-refractivity contribution in [3.8, 4) is 0 Å². The molecular weight excluding hydrogens is 507 g/mol. The number of aromatic nitrogens is 5. The van der Waals surface area contributed by atoms with E-state index in [1.807, 2.05) is 57.7 Å². The number of hydrogen-bond donors (Lipinski definition) is 1. The second-order valence-corrected chi connectivity index (χ2v) is 11.1. The molecule has 3 heterocycles. The minimum atomic E-state index is -4.40. The molecule has 2 aromatic carbocycles. The van der Waals surface area contributed by atoms with Gasteiger partial charge in [0.25, 0.3) is 5.56 Å². The van der Waals surface area contributed by atoms with Crippen LogP contribution in [0.15, 0.2) is 47.3 Å². The molecule has 39 heavy (non-hydrogen) atoms. The molecule has 0 spiro atoms. The molecule has 2 aromatic heterocycles. The van der Waals surface area contributed by atoms with Crippen molar-refractivity contribution in [2.45, 2.75) is 52.4 Å². The Morgan fingerprint density at radius 2 is 1.64 bits per heavy atom. The van der Waals surface area contributed by atoms with Crippen molar-refractivity contribution in [3.05, 3.63) is 80.9 Å². The molecule has 0 saturated carbocycles. The fourth-order valence-corrected chi connectivity index (χ4v) is 5.25. The lowest BCUT2D eigenvalue weighted by molar-refractivity contribution is -0.137. The Hall–Kier alpha value is -3.73. The highest BCUT2D eigenvalue weighted by molar-refractivity contribution is 5.85. The summed E-state index contributed by atoms with van der Waals surface area (Å²) >= 11 is 0. The quantitative estimate of drug-likeness (QED) is 0.401. The van der Waals surface area contributed by atoms with Gasteiger partial charge >= 0.3 is 6.18 Å². The van der Waals surface area contributed by atoms with Gasteiger partial charge in [-0.15, -0.1) is 5.10 Å². The van der Waals surface area contributed by atoms with Gasteiger partial charge in [-0.05, 0) is 80.4 Å². The SMILES string of the molecule is Cc1ccc(C)c2[nH]c(=O)c([C@@H](c3nnnn3C(C)(C)C)N3CCN(c4cccc(C(F)(F)F)c4)CC3)cc12. The van der Waals surface area contributed by atoms with E-state index in [0.717, 1.165) is 28.1 Å². The summed E-state index contributed by atoms with van der Waals surface area (Å²) in [5.41, 5.74) is 2.55. The number of fused-ring (bicyclic) bond motifs is 1. The number of H-pyrrole nitrogens is 1. The molecule has 4 aromatic rings. The normalized spacial score (nSPS) is 16.2. The Kier molecular flexibility index (Phi) is 6.74. The number of nitrogens with one attached hydrogen (secondary N) is 1. The molecule has 1 atom stereocenters. The molecule has 1 fully saturated rings. The summed E-state index contributed by atoms with van der Waals surface area (Å²) in [5, 5.41) is 13.5. The average Bonchev–Trinajstić information content (AvgIpc) is 3.37. The van der Waals surface area contributed by atoms with Crippen LogP contribution in [0.2, 0.25) is 0 Å². The fourth-order valence-electron chi connectivity index (χ4n) is 5.25. The molecule has 0 bridgehead atoms. The summed E-state index contributed by atoms with van der Waals surface area (Å²) in [4.78, 5) is 20.7. The molecule has 11 heteroatoms. The zero-order valence-electron chi connectivity index (χ0n) is 22.7. The van der Waals surface area contributed by atoms with Crippen molar-refractivity contribution >= 4 is 16.6 Å². The van der Waals surface area contributed by atoms with Crippen molar-refractivity contribution in [2.75, 3.05) is 31.1 Å². The summed E-state index contributed by atoms with van der Waals surface area (Å²) in [6.07, 6.45) is -4.40. The molecule has 1 saturated heterocycles. The maximum atomic E-state index is 13.6. The minimum Gasteiger partial charge on any atom is -0.369 e.